The maximum Gasteiger partial charge on any atom is 0.0770 e. The Morgan fingerprint density at radius 2 is 1.85 bits per heavy atom. The van der Waals surface area contributed by atoms with Gasteiger partial charge in [0.15, 0.2) is 0 Å². The molecule has 0 spiro atoms. The van der Waals surface area contributed by atoms with Gasteiger partial charge in [-0.05, 0) is 17.4 Å². The first-order valence-corrected chi connectivity index (χ1v) is 7.50. The van der Waals surface area contributed by atoms with Crippen LogP contribution in [-0.4, -0.2) is 23.4 Å². The van der Waals surface area contributed by atoms with Gasteiger partial charge >= 0.3 is 0 Å². The summed E-state index contributed by atoms with van der Waals surface area (Å²) in [4.78, 5) is 0. The van der Waals surface area contributed by atoms with Crippen molar-refractivity contribution in [3.05, 3.63) is 35.9 Å². The zero-order valence-electron chi connectivity index (χ0n) is 12.4. The summed E-state index contributed by atoms with van der Waals surface area (Å²) in [6.07, 6.45) is 2.64. The third kappa shape index (κ3) is 2.00. The monoisotopic (exact) mass is 275 g/mol. The zero-order chi connectivity index (χ0) is 14.4. The standard InChI is InChI=1S/C17H25NO2/c1-15(2)11-16(15,12-18)17(19)8-14(9-17)20-10-13-6-4-3-5-7-13/h3-7,14,19H,8-12,18H2,1-2H3. The predicted octanol–water partition coefficient (Wildman–Crippen LogP) is 2.47. The fourth-order valence-corrected chi connectivity index (χ4v) is 4.03. The Morgan fingerprint density at radius 1 is 1.25 bits per heavy atom. The number of aliphatic hydroxyl groups is 1. The molecule has 1 aromatic rings. The van der Waals surface area contributed by atoms with E-state index >= 15 is 0 Å². The van der Waals surface area contributed by atoms with E-state index in [1.165, 1.54) is 5.56 Å². The molecule has 2 saturated carbocycles. The summed E-state index contributed by atoms with van der Waals surface area (Å²) in [7, 11) is 0. The minimum Gasteiger partial charge on any atom is -0.389 e. The smallest absolute Gasteiger partial charge is 0.0770 e. The molecule has 110 valence electrons. The normalized spacial score (nSPS) is 38.3. The van der Waals surface area contributed by atoms with Gasteiger partial charge in [-0.3, -0.25) is 0 Å². The lowest BCUT2D eigenvalue weighted by Crippen LogP contribution is -2.58. The quantitative estimate of drug-likeness (QED) is 0.868. The molecule has 3 N–H and O–H groups in total. The largest absolute Gasteiger partial charge is 0.389 e. The molecular formula is C17H25NO2. The topological polar surface area (TPSA) is 55.5 Å². The van der Waals surface area contributed by atoms with Gasteiger partial charge in [0.25, 0.3) is 0 Å². The minimum absolute atomic E-state index is 0.0907. The van der Waals surface area contributed by atoms with E-state index in [-0.39, 0.29) is 16.9 Å². The Labute approximate surface area is 121 Å². The van der Waals surface area contributed by atoms with Crippen molar-refractivity contribution >= 4 is 0 Å². The van der Waals surface area contributed by atoms with Crippen LogP contribution < -0.4 is 5.73 Å². The van der Waals surface area contributed by atoms with Crippen molar-refractivity contribution in [3.63, 3.8) is 0 Å². The second-order valence-electron chi connectivity index (χ2n) is 7.21. The second-order valence-corrected chi connectivity index (χ2v) is 7.21. The number of nitrogens with two attached hydrogens (primary N) is 1. The van der Waals surface area contributed by atoms with Crippen LogP contribution in [0.4, 0.5) is 0 Å². The number of benzene rings is 1. The van der Waals surface area contributed by atoms with E-state index in [0.717, 1.165) is 19.3 Å². The van der Waals surface area contributed by atoms with E-state index in [0.29, 0.717) is 13.2 Å². The van der Waals surface area contributed by atoms with Gasteiger partial charge in [-0.25, -0.2) is 0 Å². The molecule has 2 aliphatic rings. The van der Waals surface area contributed by atoms with Crippen LogP contribution in [0.15, 0.2) is 30.3 Å². The minimum atomic E-state index is -0.618. The number of rotatable bonds is 5. The molecule has 0 aromatic heterocycles. The van der Waals surface area contributed by atoms with E-state index in [2.05, 4.69) is 26.0 Å². The third-order valence-corrected chi connectivity index (χ3v) is 5.61. The maximum atomic E-state index is 10.8. The van der Waals surface area contributed by atoms with Gasteiger partial charge in [0.05, 0.1) is 18.3 Å². The molecule has 0 amide bonds. The highest BCUT2D eigenvalue weighted by atomic mass is 16.5. The van der Waals surface area contributed by atoms with Crippen LogP contribution in [0.25, 0.3) is 0 Å². The predicted molar refractivity (Wildman–Crippen MR) is 79.1 cm³/mol. The molecule has 0 bridgehead atoms. The maximum absolute atomic E-state index is 10.8. The average Bonchev–Trinajstić information content (AvgIpc) is 2.98. The van der Waals surface area contributed by atoms with Crippen LogP contribution in [0.1, 0.15) is 38.7 Å². The molecule has 20 heavy (non-hydrogen) atoms. The first kappa shape index (κ1) is 14.1. The van der Waals surface area contributed by atoms with Crippen LogP contribution in [0.2, 0.25) is 0 Å². The highest BCUT2D eigenvalue weighted by Crippen LogP contribution is 2.72. The molecule has 0 heterocycles. The third-order valence-electron chi connectivity index (χ3n) is 5.61. The Hall–Kier alpha value is -0.900. The molecule has 0 radical (unpaired) electrons. The number of hydrogen-bond acceptors (Lipinski definition) is 3. The van der Waals surface area contributed by atoms with Crippen molar-refractivity contribution in [3.8, 4) is 0 Å². The molecule has 1 unspecified atom stereocenters. The van der Waals surface area contributed by atoms with E-state index in [1.807, 2.05) is 18.2 Å². The van der Waals surface area contributed by atoms with Gasteiger partial charge in [-0.1, -0.05) is 44.2 Å². The summed E-state index contributed by atoms with van der Waals surface area (Å²) >= 11 is 0. The van der Waals surface area contributed by atoms with Crippen molar-refractivity contribution in [2.75, 3.05) is 6.54 Å². The molecule has 3 heteroatoms. The fourth-order valence-electron chi connectivity index (χ4n) is 4.03. The van der Waals surface area contributed by atoms with E-state index < -0.39 is 5.60 Å². The highest BCUT2D eigenvalue weighted by Gasteiger charge is 2.73. The first-order chi connectivity index (χ1) is 9.42. The second kappa shape index (κ2) is 4.55. The lowest BCUT2D eigenvalue weighted by molar-refractivity contribution is -0.185. The van der Waals surface area contributed by atoms with Gasteiger partial charge in [0.2, 0.25) is 0 Å². The molecule has 3 rings (SSSR count). The first-order valence-electron chi connectivity index (χ1n) is 7.50. The van der Waals surface area contributed by atoms with Crippen LogP contribution in [0.3, 0.4) is 0 Å². The lowest BCUT2D eigenvalue weighted by Gasteiger charge is -2.50. The van der Waals surface area contributed by atoms with Crippen LogP contribution in [-0.2, 0) is 11.3 Å². The van der Waals surface area contributed by atoms with Crippen molar-refractivity contribution in [1.82, 2.24) is 0 Å². The summed E-state index contributed by atoms with van der Waals surface area (Å²) in [6, 6.07) is 10.2. The Bertz CT molecular complexity index is 479. The van der Waals surface area contributed by atoms with Gasteiger partial charge in [0.1, 0.15) is 0 Å². The summed E-state index contributed by atoms with van der Waals surface area (Å²) in [5, 5.41) is 10.8. The van der Waals surface area contributed by atoms with Crippen molar-refractivity contribution in [1.29, 1.82) is 0 Å². The number of hydrogen-bond donors (Lipinski definition) is 2. The molecule has 2 fully saturated rings. The molecule has 2 aliphatic carbocycles. The Morgan fingerprint density at radius 3 is 2.35 bits per heavy atom. The summed E-state index contributed by atoms with van der Waals surface area (Å²) in [6.45, 7) is 5.61. The van der Waals surface area contributed by atoms with Gasteiger partial charge in [0, 0.05) is 24.8 Å². The molecule has 0 aliphatic heterocycles. The summed E-state index contributed by atoms with van der Waals surface area (Å²) in [5.41, 5.74) is 6.59. The van der Waals surface area contributed by atoms with Crippen molar-refractivity contribution in [2.45, 2.75) is 51.4 Å². The van der Waals surface area contributed by atoms with Crippen LogP contribution in [0, 0.1) is 10.8 Å². The summed E-state index contributed by atoms with van der Waals surface area (Å²) < 4.78 is 5.89. The molecule has 3 nitrogen and oxygen atoms in total. The zero-order valence-corrected chi connectivity index (χ0v) is 12.4. The van der Waals surface area contributed by atoms with E-state index in [1.54, 1.807) is 0 Å². The number of ether oxygens (including phenoxy) is 1. The fraction of sp³-hybridized carbons (Fsp3) is 0.647. The molecule has 0 saturated heterocycles. The van der Waals surface area contributed by atoms with Gasteiger partial charge < -0.3 is 15.6 Å². The van der Waals surface area contributed by atoms with Crippen molar-refractivity contribution in [2.24, 2.45) is 16.6 Å². The molecule has 1 aromatic carbocycles. The van der Waals surface area contributed by atoms with Gasteiger partial charge in [-0.15, -0.1) is 0 Å². The summed E-state index contributed by atoms with van der Waals surface area (Å²) in [5.74, 6) is 0. The molecular weight excluding hydrogens is 250 g/mol. The SMILES string of the molecule is CC1(C)CC1(CN)C1(O)CC(OCc2ccccc2)C1. The Balaban J connectivity index is 1.54. The van der Waals surface area contributed by atoms with Crippen molar-refractivity contribution < 1.29 is 9.84 Å². The van der Waals surface area contributed by atoms with E-state index in [4.69, 9.17) is 10.5 Å². The van der Waals surface area contributed by atoms with Crippen LogP contribution >= 0.6 is 0 Å². The Kier molecular flexibility index (Phi) is 3.20. The molecule has 1 atom stereocenters. The average molecular weight is 275 g/mol. The van der Waals surface area contributed by atoms with Gasteiger partial charge in [-0.2, -0.15) is 0 Å². The highest BCUT2D eigenvalue weighted by molar-refractivity contribution is 5.24. The van der Waals surface area contributed by atoms with E-state index in [9.17, 15) is 5.11 Å². The lowest BCUT2D eigenvalue weighted by atomic mass is 9.64. The van der Waals surface area contributed by atoms with Crippen LogP contribution in [0.5, 0.6) is 0 Å².